The van der Waals surface area contributed by atoms with Crippen LogP contribution in [0.5, 0.6) is 5.75 Å². The van der Waals surface area contributed by atoms with Crippen LogP contribution in [0.4, 0.5) is 0 Å². The maximum absolute atomic E-state index is 13.6. The van der Waals surface area contributed by atoms with E-state index in [2.05, 4.69) is 4.90 Å². The zero-order valence-corrected chi connectivity index (χ0v) is 18.1. The molecule has 4 rings (SSSR count). The van der Waals surface area contributed by atoms with E-state index in [-0.39, 0.29) is 6.04 Å². The Bertz CT molecular complexity index is 954. The Kier molecular flexibility index (Phi) is 5.95. The summed E-state index contributed by atoms with van der Waals surface area (Å²) in [5.74, 6) is 0.813. The first-order chi connectivity index (χ1) is 14.0. The Balaban J connectivity index is 1.76. The molecule has 1 atom stereocenters. The van der Waals surface area contributed by atoms with Crippen LogP contribution in [0, 0.1) is 0 Å². The summed E-state index contributed by atoms with van der Waals surface area (Å²) >= 11 is 0. The second-order valence-corrected chi connectivity index (χ2v) is 10.1. The van der Waals surface area contributed by atoms with Crippen LogP contribution >= 0.6 is 0 Å². The van der Waals surface area contributed by atoms with Gasteiger partial charge >= 0.3 is 0 Å². The molecule has 0 bridgehead atoms. The van der Waals surface area contributed by atoms with Crippen LogP contribution in [-0.4, -0.2) is 44.9 Å². The predicted octanol–water partition coefficient (Wildman–Crippen LogP) is 3.99. The summed E-state index contributed by atoms with van der Waals surface area (Å²) in [5.41, 5.74) is 3.03. The van der Waals surface area contributed by atoms with Gasteiger partial charge in [0.2, 0.25) is 10.0 Å². The molecule has 6 heteroatoms. The number of likely N-dealkylation sites (tertiary alicyclic amines) is 1. The average molecular weight is 415 g/mol. The number of hydrogen-bond acceptors (Lipinski definition) is 4. The largest absolute Gasteiger partial charge is 0.496 e. The van der Waals surface area contributed by atoms with Crippen LogP contribution in [0.25, 0.3) is 0 Å². The fourth-order valence-corrected chi connectivity index (χ4v) is 6.22. The maximum Gasteiger partial charge on any atom is 0.243 e. The van der Waals surface area contributed by atoms with Crippen LogP contribution in [0.3, 0.4) is 0 Å². The van der Waals surface area contributed by atoms with E-state index in [1.807, 2.05) is 36.4 Å². The maximum atomic E-state index is 13.6. The highest BCUT2D eigenvalue weighted by Crippen LogP contribution is 2.43. The van der Waals surface area contributed by atoms with E-state index in [1.54, 1.807) is 20.2 Å². The van der Waals surface area contributed by atoms with Crippen LogP contribution in [0.1, 0.15) is 48.4 Å². The topological polar surface area (TPSA) is 49.9 Å². The van der Waals surface area contributed by atoms with E-state index in [0.717, 1.165) is 54.8 Å². The van der Waals surface area contributed by atoms with Crippen LogP contribution < -0.4 is 4.74 Å². The van der Waals surface area contributed by atoms with Gasteiger partial charge in [-0.15, -0.1) is 0 Å². The van der Waals surface area contributed by atoms with Crippen molar-refractivity contribution in [2.24, 2.45) is 0 Å². The zero-order chi connectivity index (χ0) is 20.4. The molecular weight excluding hydrogens is 384 g/mol. The summed E-state index contributed by atoms with van der Waals surface area (Å²) in [5, 5.41) is 0. The molecule has 2 aliphatic rings. The van der Waals surface area contributed by atoms with Crippen molar-refractivity contribution in [3.05, 3.63) is 59.2 Å². The number of hydrogen-bond donors (Lipinski definition) is 0. The van der Waals surface area contributed by atoms with Gasteiger partial charge in [0.15, 0.2) is 0 Å². The smallest absolute Gasteiger partial charge is 0.243 e. The van der Waals surface area contributed by atoms with Crippen molar-refractivity contribution >= 4 is 10.0 Å². The SMILES string of the molecule is COc1ccc(S(=O)(=O)N(C)Cc2ccccc2)c2c1CCCC2N1CCCC1. The summed E-state index contributed by atoms with van der Waals surface area (Å²) in [4.78, 5) is 2.91. The van der Waals surface area contributed by atoms with E-state index in [4.69, 9.17) is 4.74 Å². The molecule has 2 aromatic carbocycles. The molecule has 1 saturated heterocycles. The van der Waals surface area contributed by atoms with Gasteiger partial charge in [0.1, 0.15) is 5.75 Å². The minimum atomic E-state index is -3.61. The highest BCUT2D eigenvalue weighted by atomic mass is 32.2. The molecule has 1 fully saturated rings. The number of fused-ring (bicyclic) bond motifs is 1. The third-order valence-electron chi connectivity index (χ3n) is 6.25. The Morgan fingerprint density at radius 2 is 1.79 bits per heavy atom. The normalized spacial score (nSPS) is 20.0. The minimum Gasteiger partial charge on any atom is -0.496 e. The third kappa shape index (κ3) is 3.93. The molecule has 1 aliphatic heterocycles. The van der Waals surface area contributed by atoms with Gasteiger partial charge in [-0.1, -0.05) is 30.3 Å². The van der Waals surface area contributed by atoms with Gasteiger partial charge in [0, 0.05) is 25.2 Å². The first-order valence-corrected chi connectivity index (χ1v) is 11.9. The van der Waals surface area contributed by atoms with E-state index in [0.29, 0.717) is 11.4 Å². The Labute approximate surface area is 174 Å². The van der Waals surface area contributed by atoms with Gasteiger partial charge in [-0.05, 0) is 68.5 Å². The summed E-state index contributed by atoms with van der Waals surface area (Å²) in [6.45, 7) is 2.44. The number of ether oxygens (including phenoxy) is 1. The van der Waals surface area contributed by atoms with Gasteiger partial charge in [0.05, 0.1) is 12.0 Å². The molecule has 0 saturated carbocycles. The lowest BCUT2D eigenvalue weighted by atomic mass is 9.86. The molecule has 29 heavy (non-hydrogen) atoms. The second-order valence-electron chi connectivity index (χ2n) is 8.06. The molecule has 1 heterocycles. The van der Waals surface area contributed by atoms with E-state index in [9.17, 15) is 8.42 Å². The minimum absolute atomic E-state index is 0.159. The Hall–Kier alpha value is -1.89. The van der Waals surface area contributed by atoms with Crippen LogP contribution in [-0.2, 0) is 23.0 Å². The molecule has 0 aromatic heterocycles. The highest BCUT2D eigenvalue weighted by Gasteiger charge is 2.36. The second kappa shape index (κ2) is 8.46. The molecule has 0 N–H and O–H groups in total. The van der Waals surface area contributed by atoms with Crippen LogP contribution in [0.2, 0.25) is 0 Å². The molecule has 1 unspecified atom stereocenters. The monoisotopic (exact) mass is 414 g/mol. The first kappa shape index (κ1) is 20.4. The number of benzene rings is 2. The zero-order valence-electron chi connectivity index (χ0n) is 17.3. The number of methoxy groups -OCH3 is 1. The quantitative estimate of drug-likeness (QED) is 0.717. The Morgan fingerprint density at radius 1 is 1.07 bits per heavy atom. The van der Waals surface area contributed by atoms with Gasteiger partial charge < -0.3 is 4.74 Å². The molecule has 5 nitrogen and oxygen atoms in total. The lowest BCUT2D eigenvalue weighted by molar-refractivity contribution is 0.216. The fraction of sp³-hybridized carbons (Fsp3) is 0.478. The molecule has 2 aromatic rings. The average Bonchev–Trinajstić information content (AvgIpc) is 3.27. The van der Waals surface area contributed by atoms with Crippen molar-refractivity contribution in [3.8, 4) is 5.75 Å². The molecule has 0 radical (unpaired) electrons. The highest BCUT2D eigenvalue weighted by molar-refractivity contribution is 7.89. The van der Waals surface area contributed by atoms with Crippen molar-refractivity contribution in [2.75, 3.05) is 27.2 Å². The van der Waals surface area contributed by atoms with E-state index < -0.39 is 10.0 Å². The van der Waals surface area contributed by atoms with Crippen molar-refractivity contribution < 1.29 is 13.2 Å². The predicted molar refractivity (Wildman–Crippen MR) is 115 cm³/mol. The van der Waals surface area contributed by atoms with E-state index in [1.165, 1.54) is 17.1 Å². The summed E-state index contributed by atoms with van der Waals surface area (Å²) in [6, 6.07) is 13.5. The molecule has 0 spiro atoms. The van der Waals surface area contributed by atoms with Gasteiger partial charge in [-0.3, -0.25) is 4.90 Å². The van der Waals surface area contributed by atoms with Gasteiger partial charge in [0.25, 0.3) is 0 Å². The molecular formula is C23H30N2O3S. The van der Waals surface area contributed by atoms with Crippen molar-refractivity contribution in [2.45, 2.75) is 49.6 Å². The fourth-order valence-electron chi connectivity index (χ4n) is 4.79. The summed E-state index contributed by atoms with van der Waals surface area (Å²) in [6.07, 6.45) is 5.31. The molecule has 1 aliphatic carbocycles. The third-order valence-corrected chi connectivity index (χ3v) is 8.11. The molecule has 156 valence electrons. The Morgan fingerprint density at radius 3 is 2.48 bits per heavy atom. The number of rotatable bonds is 6. The standard InChI is InChI=1S/C23H30N2O3S/c1-24(17-18-9-4-3-5-10-18)29(26,27)22-14-13-21(28-2)19-11-8-12-20(23(19)22)25-15-6-7-16-25/h3-5,9-10,13-14,20H,6-8,11-12,15-17H2,1-2H3. The van der Waals surface area contributed by atoms with Crippen molar-refractivity contribution in [3.63, 3.8) is 0 Å². The number of sulfonamides is 1. The van der Waals surface area contributed by atoms with Crippen molar-refractivity contribution in [1.82, 2.24) is 9.21 Å². The molecule has 0 amide bonds. The first-order valence-electron chi connectivity index (χ1n) is 10.5. The lowest BCUT2D eigenvalue weighted by Gasteiger charge is -2.35. The lowest BCUT2D eigenvalue weighted by Crippen LogP contribution is -2.33. The summed E-state index contributed by atoms with van der Waals surface area (Å²) < 4.78 is 34.4. The van der Waals surface area contributed by atoms with Crippen molar-refractivity contribution in [1.29, 1.82) is 0 Å². The number of nitrogens with zero attached hydrogens (tertiary/aromatic N) is 2. The summed E-state index contributed by atoms with van der Waals surface area (Å²) in [7, 11) is -0.270. The van der Waals surface area contributed by atoms with E-state index >= 15 is 0 Å². The van der Waals surface area contributed by atoms with Gasteiger partial charge in [-0.25, -0.2) is 8.42 Å². The van der Waals surface area contributed by atoms with Crippen LogP contribution in [0.15, 0.2) is 47.4 Å². The van der Waals surface area contributed by atoms with Gasteiger partial charge in [-0.2, -0.15) is 4.31 Å².